The molecule has 1 aromatic carbocycles. The molecule has 6 nitrogen and oxygen atoms in total. The van der Waals surface area contributed by atoms with Crippen LogP contribution in [0.3, 0.4) is 0 Å². The van der Waals surface area contributed by atoms with Gasteiger partial charge in [0.05, 0.1) is 4.92 Å². The van der Waals surface area contributed by atoms with Crippen LogP contribution in [0.2, 0.25) is 5.02 Å². The maximum absolute atomic E-state index is 12.3. The van der Waals surface area contributed by atoms with Crippen molar-refractivity contribution < 1.29 is 18.4 Å². The van der Waals surface area contributed by atoms with E-state index >= 15 is 0 Å². The second-order valence-electron chi connectivity index (χ2n) is 3.89. The van der Waals surface area contributed by atoms with Gasteiger partial charge >= 0.3 is 6.61 Å². The van der Waals surface area contributed by atoms with Crippen LogP contribution in [0.1, 0.15) is 0 Å². The molecule has 0 aliphatic rings. The Morgan fingerprint density at radius 1 is 1.52 bits per heavy atom. The van der Waals surface area contributed by atoms with E-state index in [4.69, 9.17) is 11.6 Å². The average molecular weight is 383 g/mol. The van der Waals surface area contributed by atoms with Gasteiger partial charge in [-0.1, -0.05) is 17.7 Å². The molecule has 112 valence electrons. The van der Waals surface area contributed by atoms with Crippen LogP contribution in [0.15, 0.2) is 22.7 Å². The summed E-state index contributed by atoms with van der Waals surface area (Å²) in [7, 11) is 1.41. The van der Waals surface area contributed by atoms with Gasteiger partial charge in [0.2, 0.25) is 5.88 Å². The van der Waals surface area contributed by atoms with Crippen molar-refractivity contribution >= 4 is 33.2 Å². The fourth-order valence-corrected chi connectivity index (χ4v) is 2.52. The highest BCUT2D eigenvalue weighted by Gasteiger charge is 2.22. The number of nitro groups is 1. The first-order valence-corrected chi connectivity index (χ1v) is 6.60. The molecule has 0 radical (unpaired) electrons. The summed E-state index contributed by atoms with van der Waals surface area (Å²) in [6.07, 6.45) is 0. The lowest BCUT2D eigenvalue weighted by molar-refractivity contribution is -0.384. The van der Waals surface area contributed by atoms with Crippen molar-refractivity contribution in [2.45, 2.75) is 6.61 Å². The third-order valence-electron chi connectivity index (χ3n) is 2.56. The summed E-state index contributed by atoms with van der Waals surface area (Å²) in [6, 6.07) is 4.04. The quantitative estimate of drug-likeness (QED) is 0.592. The van der Waals surface area contributed by atoms with Crippen molar-refractivity contribution in [1.82, 2.24) is 9.78 Å². The van der Waals surface area contributed by atoms with Crippen molar-refractivity contribution in [1.29, 1.82) is 0 Å². The lowest BCUT2D eigenvalue weighted by Crippen LogP contribution is -2.06. The lowest BCUT2D eigenvalue weighted by Gasteiger charge is -2.04. The Hall–Kier alpha value is -1.74. The number of halogens is 4. The number of aryl methyl sites for hydroxylation is 1. The second-order valence-corrected chi connectivity index (χ2v) is 5.09. The molecule has 0 saturated carbocycles. The molecule has 2 rings (SSSR count). The summed E-state index contributed by atoms with van der Waals surface area (Å²) < 4.78 is 30.3. The molecule has 0 N–H and O–H groups in total. The van der Waals surface area contributed by atoms with Crippen LogP contribution in [0.25, 0.3) is 11.3 Å². The Kier molecular flexibility index (Phi) is 4.43. The van der Waals surface area contributed by atoms with E-state index in [9.17, 15) is 18.9 Å². The Bertz CT molecular complexity index is 708. The standard InChI is InChI=1S/C11H7BrClF2N3O3/c1-17-10(21-11(14)15)8(12)9(16-17)5-2-3-6(13)7(4-5)18(19)20/h2-4,11H,1H3. The molecule has 2 aromatic rings. The molecule has 10 heteroatoms. The van der Waals surface area contributed by atoms with Gasteiger partial charge in [-0.05, 0) is 22.0 Å². The van der Waals surface area contributed by atoms with E-state index in [-0.39, 0.29) is 26.8 Å². The minimum Gasteiger partial charge on any atom is -0.416 e. The van der Waals surface area contributed by atoms with E-state index in [2.05, 4.69) is 25.8 Å². The number of ether oxygens (including phenoxy) is 1. The summed E-state index contributed by atoms with van der Waals surface area (Å²) in [5.74, 6) is -0.183. The van der Waals surface area contributed by atoms with E-state index in [1.165, 1.54) is 25.2 Å². The highest BCUT2D eigenvalue weighted by molar-refractivity contribution is 9.10. The Morgan fingerprint density at radius 2 is 2.19 bits per heavy atom. The molecule has 21 heavy (non-hydrogen) atoms. The molecule has 1 heterocycles. The first-order valence-electron chi connectivity index (χ1n) is 5.43. The van der Waals surface area contributed by atoms with Gasteiger partial charge < -0.3 is 4.74 Å². The first-order chi connectivity index (χ1) is 9.81. The van der Waals surface area contributed by atoms with E-state index in [0.29, 0.717) is 5.56 Å². The first kappa shape index (κ1) is 15.6. The normalized spacial score (nSPS) is 11.0. The van der Waals surface area contributed by atoms with Crippen LogP contribution in [0.4, 0.5) is 14.5 Å². The molecule has 0 unspecified atom stereocenters. The predicted molar refractivity (Wildman–Crippen MR) is 74.6 cm³/mol. The smallest absolute Gasteiger partial charge is 0.388 e. The topological polar surface area (TPSA) is 70.2 Å². The predicted octanol–water partition coefficient (Wildman–Crippen LogP) is 4.01. The van der Waals surface area contributed by atoms with Crippen LogP contribution in [-0.4, -0.2) is 21.3 Å². The van der Waals surface area contributed by atoms with Crippen molar-refractivity contribution in [3.8, 4) is 17.1 Å². The summed E-state index contributed by atoms with van der Waals surface area (Å²) >= 11 is 8.82. The SMILES string of the molecule is Cn1nc(-c2ccc(Cl)c([N+](=O)[O-])c2)c(Br)c1OC(F)F. The van der Waals surface area contributed by atoms with Crippen molar-refractivity contribution in [2.24, 2.45) is 7.05 Å². The molecular formula is C11H7BrClF2N3O3. The van der Waals surface area contributed by atoms with Gasteiger partial charge in [-0.2, -0.15) is 13.9 Å². The summed E-state index contributed by atoms with van der Waals surface area (Å²) in [5.41, 5.74) is 0.272. The summed E-state index contributed by atoms with van der Waals surface area (Å²) in [5, 5.41) is 14.8. The maximum Gasteiger partial charge on any atom is 0.388 e. The van der Waals surface area contributed by atoms with Crippen LogP contribution in [0, 0.1) is 10.1 Å². The number of aromatic nitrogens is 2. The van der Waals surface area contributed by atoms with Gasteiger partial charge in [-0.3, -0.25) is 10.1 Å². The van der Waals surface area contributed by atoms with Crippen molar-refractivity contribution in [3.63, 3.8) is 0 Å². The largest absolute Gasteiger partial charge is 0.416 e. The fourth-order valence-electron chi connectivity index (χ4n) is 1.68. The highest BCUT2D eigenvalue weighted by Crippen LogP contribution is 2.38. The molecule has 0 spiro atoms. The van der Waals surface area contributed by atoms with Crippen LogP contribution >= 0.6 is 27.5 Å². The molecule has 0 saturated heterocycles. The van der Waals surface area contributed by atoms with Crippen LogP contribution in [-0.2, 0) is 7.05 Å². The third kappa shape index (κ3) is 3.13. The molecule has 0 amide bonds. The molecule has 0 atom stereocenters. The number of nitrogens with zero attached hydrogens (tertiary/aromatic N) is 3. The Labute approximate surface area is 130 Å². The average Bonchev–Trinajstić information content (AvgIpc) is 2.66. The van der Waals surface area contributed by atoms with Gasteiger partial charge in [0.1, 0.15) is 15.2 Å². The lowest BCUT2D eigenvalue weighted by atomic mass is 10.1. The Morgan fingerprint density at radius 3 is 2.76 bits per heavy atom. The molecule has 0 bridgehead atoms. The maximum atomic E-state index is 12.3. The zero-order valence-corrected chi connectivity index (χ0v) is 12.7. The van der Waals surface area contributed by atoms with Gasteiger partial charge in [-0.25, -0.2) is 4.68 Å². The van der Waals surface area contributed by atoms with Gasteiger partial charge in [0, 0.05) is 18.7 Å². The van der Waals surface area contributed by atoms with Crippen molar-refractivity contribution in [2.75, 3.05) is 0 Å². The third-order valence-corrected chi connectivity index (χ3v) is 3.59. The van der Waals surface area contributed by atoms with Gasteiger partial charge in [-0.15, -0.1) is 0 Å². The number of nitro benzene ring substituents is 1. The molecule has 0 aliphatic heterocycles. The van der Waals surface area contributed by atoms with E-state index in [1.54, 1.807) is 0 Å². The second kappa shape index (κ2) is 5.94. The number of alkyl halides is 2. The fraction of sp³-hybridized carbons (Fsp3) is 0.182. The van der Waals surface area contributed by atoms with Gasteiger partial charge in [0.25, 0.3) is 5.69 Å². The molecule has 0 fully saturated rings. The minimum atomic E-state index is -3.01. The monoisotopic (exact) mass is 381 g/mol. The number of hydrogen-bond acceptors (Lipinski definition) is 4. The van der Waals surface area contributed by atoms with E-state index in [1.807, 2.05) is 0 Å². The van der Waals surface area contributed by atoms with Gasteiger partial charge in [0.15, 0.2) is 0 Å². The summed E-state index contributed by atoms with van der Waals surface area (Å²) in [4.78, 5) is 10.2. The molecule has 0 aliphatic carbocycles. The zero-order chi connectivity index (χ0) is 15.7. The number of hydrogen-bond donors (Lipinski definition) is 0. The molecular weight excluding hydrogens is 375 g/mol. The molecule has 1 aromatic heterocycles. The van der Waals surface area contributed by atoms with Crippen molar-refractivity contribution in [3.05, 3.63) is 37.8 Å². The minimum absolute atomic E-state index is 0.0279. The van der Waals surface area contributed by atoms with Crippen LogP contribution in [0.5, 0.6) is 5.88 Å². The summed E-state index contributed by atoms with van der Waals surface area (Å²) in [6.45, 7) is -3.01. The Balaban J connectivity index is 2.53. The van der Waals surface area contributed by atoms with E-state index in [0.717, 1.165) is 4.68 Å². The number of rotatable bonds is 4. The van der Waals surface area contributed by atoms with Crippen LogP contribution < -0.4 is 4.74 Å². The number of benzene rings is 1. The zero-order valence-electron chi connectivity index (χ0n) is 10.4. The van der Waals surface area contributed by atoms with E-state index < -0.39 is 11.5 Å². The highest BCUT2D eigenvalue weighted by atomic mass is 79.9.